The number of fused-ring (bicyclic) bond motifs is 7. The molecule has 0 radical (unpaired) electrons. The first-order chi connectivity index (χ1) is 8.28. The van der Waals surface area contributed by atoms with Crippen LogP contribution in [0.5, 0.6) is 0 Å². The maximum absolute atomic E-state index is 11.6. The summed E-state index contributed by atoms with van der Waals surface area (Å²) in [6.45, 7) is 2.03. The Bertz CT molecular complexity index is 353. The first-order valence-corrected chi connectivity index (χ1v) is 7.13. The summed E-state index contributed by atoms with van der Waals surface area (Å²) in [4.78, 5) is 11.6. The molecule has 7 atom stereocenters. The Labute approximate surface area is 102 Å². The Morgan fingerprint density at radius 1 is 1.29 bits per heavy atom. The number of hydrogen-bond donors (Lipinski definition) is 0. The summed E-state index contributed by atoms with van der Waals surface area (Å²) in [5.74, 6) is 3.06. The average molecular weight is 236 g/mol. The third kappa shape index (κ3) is 1.41. The topological polar surface area (TPSA) is 38.8 Å². The van der Waals surface area contributed by atoms with Crippen LogP contribution in [0.4, 0.5) is 0 Å². The van der Waals surface area contributed by atoms with Crippen LogP contribution in [-0.4, -0.2) is 24.3 Å². The van der Waals surface area contributed by atoms with Gasteiger partial charge in [0, 0.05) is 12.3 Å². The van der Waals surface area contributed by atoms with Crippen molar-refractivity contribution in [1.29, 1.82) is 0 Å². The molecule has 4 aliphatic rings. The molecular weight excluding hydrogens is 216 g/mol. The molecule has 4 fully saturated rings. The minimum Gasteiger partial charge on any atom is -0.462 e. The van der Waals surface area contributed by atoms with E-state index in [1.54, 1.807) is 0 Å². The molecule has 0 N–H and O–H groups in total. The number of epoxide rings is 1. The molecule has 4 rings (SSSR count). The van der Waals surface area contributed by atoms with Gasteiger partial charge >= 0.3 is 5.97 Å². The van der Waals surface area contributed by atoms with E-state index in [9.17, 15) is 4.79 Å². The third-order valence-corrected chi connectivity index (χ3v) is 5.42. The van der Waals surface area contributed by atoms with E-state index in [2.05, 4.69) is 0 Å². The second kappa shape index (κ2) is 3.47. The van der Waals surface area contributed by atoms with Crippen molar-refractivity contribution in [2.45, 2.75) is 57.3 Å². The largest absolute Gasteiger partial charge is 0.462 e. The van der Waals surface area contributed by atoms with E-state index in [-0.39, 0.29) is 12.1 Å². The lowest BCUT2D eigenvalue weighted by Crippen LogP contribution is -2.34. The molecule has 2 bridgehead atoms. The molecule has 17 heavy (non-hydrogen) atoms. The Balaban J connectivity index is 1.45. The van der Waals surface area contributed by atoms with E-state index < -0.39 is 0 Å². The highest BCUT2D eigenvalue weighted by Gasteiger charge is 2.67. The summed E-state index contributed by atoms with van der Waals surface area (Å²) in [6.07, 6.45) is 6.47. The molecule has 7 unspecified atom stereocenters. The predicted molar refractivity (Wildman–Crippen MR) is 61.3 cm³/mol. The summed E-state index contributed by atoms with van der Waals surface area (Å²) >= 11 is 0. The van der Waals surface area contributed by atoms with Gasteiger partial charge in [-0.3, -0.25) is 4.79 Å². The number of ether oxygens (including phenoxy) is 2. The van der Waals surface area contributed by atoms with E-state index in [1.807, 2.05) is 6.92 Å². The molecule has 0 aromatic carbocycles. The van der Waals surface area contributed by atoms with Crippen LogP contribution in [0.1, 0.15) is 39.0 Å². The van der Waals surface area contributed by atoms with Crippen LogP contribution in [-0.2, 0) is 14.3 Å². The highest BCUT2D eigenvalue weighted by molar-refractivity contribution is 5.69. The van der Waals surface area contributed by atoms with Gasteiger partial charge in [0.2, 0.25) is 0 Å². The van der Waals surface area contributed by atoms with Gasteiger partial charge in [0.15, 0.2) is 0 Å². The van der Waals surface area contributed by atoms with Crippen LogP contribution in [0.2, 0.25) is 0 Å². The molecule has 3 nitrogen and oxygen atoms in total. The molecule has 3 saturated carbocycles. The van der Waals surface area contributed by atoms with Crippen molar-refractivity contribution in [3.8, 4) is 0 Å². The van der Waals surface area contributed by atoms with Crippen molar-refractivity contribution >= 4 is 5.97 Å². The molecule has 0 spiro atoms. The zero-order valence-electron chi connectivity index (χ0n) is 10.3. The molecule has 94 valence electrons. The fraction of sp³-hybridized carbons (Fsp3) is 0.929. The van der Waals surface area contributed by atoms with Crippen LogP contribution < -0.4 is 0 Å². The van der Waals surface area contributed by atoms with Gasteiger partial charge in [-0.1, -0.05) is 6.92 Å². The fourth-order valence-electron chi connectivity index (χ4n) is 4.81. The van der Waals surface area contributed by atoms with Gasteiger partial charge in [-0.05, 0) is 43.4 Å². The van der Waals surface area contributed by atoms with Crippen LogP contribution in [0.15, 0.2) is 0 Å². The quantitative estimate of drug-likeness (QED) is 0.556. The summed E-state index contributed by atoms with van der Waals surface area (Å²) in [5.41, 5.74) is 0. The van der Waals surface area contributed by atoms with Crippen LogP contribution >= 0.6 is 0 Å². The first-order valence-electron chi connectivity index (χ1n) is 7.13. The second-order valence-corrected chi connectivity index (χ2v) is 6.29. The SMILES string of the molecule is CCCC(=O)OC1CC2CC1C1C2CC2OC21. The highest BCUT2D eigenvalue weighted by Crippen LogP contribution is 2.64. The van der Waals surface area contributed by atoms with Crippen molar-refractivity contribution in [3.05, 3.63) is 0 Å². The summed E-state index contributed by atoms with van der Waals surface area (Å²) < 4.78 is 11.3. The van der Waals surface area contributed by atoms with Gasteiger partial charge in [-0.2, -0.15) is 0 Å². The van der Waals surface area contributed by atoms with Gasteiger partial charge < -0.3 is 9.47 Å². The van der Waals surface area contributed by atoms with E-state index in [0.29, 0.717) is 24.5 Å². The maximum Gasteiger partial charge on any atom is 0.306 e. The molecular formula is C14H20O3. The van der Waals surface area contributed by atoms with Crippen LogP contribution in [0.25, 0.3) is 0 Å². The number of rotatable bonds is 3. The number of carbonyl (C=O) groups excluding carboxylic acids is 1. The van der Waals surface area contributed by atoms with Gasteiger partial charge in [0.25, 0.3) is 0 Å². The number of carbonyl (C=O) groups is 1. The fourth-order valence-corrected chi connectivity index (χ4v) is 4.81. The molecule has 0 aromatic rings. The summed E-state index contributed by atoms with van der Waals surface area (Å²) in [6, 6.07) is 0. The van der Waals surface area contributed by atoms with Gasteiger partial charge in [0.05, 0.1) is 12.2 Å². The third-order valence-electron chi connectivity index (χ3n) is 5.42. The molecule has 0 amide bonds. The Morgan fingerprint density at radius 3 is 3.00 bits per heavy atom. The Morgan fingerprint density at radius 2 is 2.18 bits per heavy atom. The van der Waals surface area contributed by atoms with Crippen LogP contribution in [0.3, 0.4) is 0 Å². The Kier molecular flexibility index (Phi) is 2.11. The summed E-state index contributed by atoms with van der Waals surface area (Å²) in [5, 5.41) is 0. The monoisotopic (exact) mass is 236 g/mol. The van der Waals surface area contributed by atoms with Crippen LogP contribution in [0, 0.1) is 23.7 Å². The van der Waals surface area contributed by atoms with Crippen molar-refractivity contribution in [2.24, 2.45) is 23.7 Å². The van der Waals surface area contributed by atoms with Crippen molar-refractivity contribution in [1.82, 2.24) is 0 Å². The van der Waals surface area contributed by atoms with E-state index in [0.717, 1.165) is 30.6 Å². The van der Waals surface area contributed by atoms with Gasteiger partial charge in [-0.15, -0.1) is 0 Å². The molecule has 0 aromatic heterocycles. The standard InChI is InChI=1S/C14H20O3/c1-2-3-12(15)16-10-5-7-4-9(10)13-8(7)6-11-14(13)17-11/h7-11,13-14H,2-6H2,1H3. The zero-order valence-corrected chi connectivity index (χ0v) is 10.3. The molecule has 3 heteroatoms. The van der Waals surface area contributed by atoms with Gasteiger partial charge in [0.1, 0.15) is 6.10 Å². The number of hydrogen-bond acceptors (Lipinski definition) is 3. The molecule has 1 aliphatic heterocycles. The molecule has 1 heterocycles. The van der Waals surface area contributed by atoms with Gasteiger partial charge in [-0.25, -0.2) is 0 Å². The normalized spacial score (nSPS) is 53.4. The lowest BCUT2D eigenvalue weighted by molar-refractivity contribution is -0.153. The van der Waals surface area contributed by atoms with Crippen molar-refractivity contribution in [2.75, 3.05) is 0 Å². The van der Waals surface area contributed by atoms with E-state index in [4.69, 9.17) is 9.47 Å². The molecule has 1 saturated heterocycles. The maximum atomic E-state index is 11.6. The number of esters is 1. The lowest BCUT2D eigenvalue weighted by Gasteiger charge is -2.32. The van der Waals surface area contributed by atoms with E-state index >= 15 is 0 Å². The average Bonchev–Trinajstić information content (AvgIpc) is 2.69. The highest BCUT2D eigenvalue weighted by atomic mass is 16.6. The minimum atomic E-state index is 0.00728. The summed E-state index contributed by atoms with van der Waals surface area (Å²) in [7, 11) is 0. The van der Waals surface area contributed by atoms with Crippen molar-refractivity contribution < 1.29 is 14.3 Å². The second-order valence-electron chi connectivity index (χ2n) is 6.29. The lowest BCUT2D eigenvalue weighted by atomic mass is 9.79. The van der Waals surface area contributed by atoms with Crippen molar-refractivity contribution in [3.63, 3.8) is 0 Å². The zero-order chi connectivity index (χ0) is 11.6. The van der Waals surface area contributed by atoms with E-state index in [1.165, 1.54) is 12.8 Å². The predicted octanol–water partition coefficient (Wildman–Crippen LogP) is 2.14. The first kappa shape index (κ1) is 10.4. The Hall–Kier alpha value is -0.570. The minimum absolute atomic E-state index is 0.00728. The smallest absolute Gasteiger partial charge is 0.306 e. The molecule has 3 aliphatic carbocycles.